The predicted octanol–water partition coefficient (Wildman–Crippen LogP) is 1.36. The molecule has 3 nitrogen and oxygen atoms in total. The van der Waals surface area contributed by atoms with E-state index in [4.69, 9.17) is 9.47 Å². The zero-order valence-electron chi connectivity index (χ0n) is 9.90. The van der Waals surface area contributed by atoms with Gasteiger partial charge in [0.05, 0.1) is 0 Å². The van der Waals surface area contributed by atoms with Crippen LogP contribution in [0.2, 0.25) is 0 Å². The van der Waals surface area contributed by atoms with Crippen molar-refractivity contribution in [2.75, 3.05) is 20.8 Å². The molecule has 3 heteroatoms. The minimum Gasteiger partial charge on any atom is -0.355 e. The van der Waals surface area contributed by atoms with Crippen LogP contribution < -0.4 is 5.32 Å². The lowest BCUT2D eigenvalue weighted by Crippen LogP contribution is -2.37. The Morgan fingerprint density at radius 3 is 2.25 bits per heavy atom. The van der Waals surface area contributed by atoms with Gasteiger partial charge in [-0.3, -0.25) is 0 Å². The summed E-state index contributed by atoms with van der Waals surface area (Å²) in [5, 5.41) is 3.48. The van der Waals surface area contributed by atoms with E-state index in [1.54, 1.807) is 14.2 Å². The van der Waals surface area contributed by atoms with Crippen molar-refractivity contribution in [2.45, 2.75) is 25.2 Å². The van der Waals surface area contributed by atoms with Gasteiger partial charge < -0.3 is 14.8 Å². The molecule has 0 bridgehead atoms. The lowest BCUT2D eigenvalue weighted by molar-refractivity contribution is -0.0997. The Labute approximate surface area is 96.8 Å². The van der Waals surface area contributed by atoms with Crippen LogP contribution in [0.1, 0.15) is 11.1 Å². The van der Waals surface area contributed by atoms with Crippen molar-refractivity contribution in [3.8, 4) is 0 Å². The second-order valence-electron chi connectivity index (χ2n) is 4.18. The third-order valence-electron chi connectivity index (χ3n) is 3.15. The van der Waals surface area contributed by atoms with E-state index in [-0.39, 0.29) is 6.29 Å². The van der Waals surface area contributed by atoms with E-state index in [2.05, 4.69) is 29.6 Å². The lowest BCUT2D eigenvalue weighted by Gasteiger charge is -2.17. The molecule has 0 radical (unpaired) electrons. The van der Waals surface area contributed by atoms with Crippen LogP contribution >= 0.6 is 0 Å². The highest BCUT2D eigenvalue weighted by atomic mass is 16.7. The van der Waals surface area contributed by atoms with Gasteiger partial charge in [-0.1, -0.05) is 24.3 Å². The molecule has 2 rings (SSSR count). The van der Waals surface area contributed by atoms with Crippen LogP contribution in [0.3, 0.4) is 0 Å². The maximum atomic E-state index is 5.15. The van der Waals surface area contributed by atoms with Crippen molar-refractivity contribution >= 4 is 0 Å². The van der Waals surface area contributed by atoms with Gasteiger partial charge in [-0.2, -0.15) is 0 Å². The second kappa shape index (κ2) is 5.43. The maximum absolute atomic E-state index is 5.15. The molecule has 1 N–H and O–H groups in total. The summed E-state index contributed by atoms with van der Waals surface area (Å²) in [5.41, 5.74) is 2.93. The van der Waals surface area contributed by atoms with Crippen LogP contribution in [0.5, 0.6) is 0 Å². The molecule has 16 heavy (non-hydrogen) atoms. The summed E-state index contributed by atoms with van der Waals surface area (Å²) in [5.74, 6) is 0. The van der Waals surface area contributed by atoms with Crippen LogP contribution in [0.25, 0.3) is 0 Å². The maximum Gasteiger partial charge on any atom is 0.169 e. The quantitative estimate of drug-likeness (QED) is 0.762. The van der Waals surface area contributed by atoms with E-state index < -0.39 is 0 Å². The summed E-state index contributed by atoms with van der Waals surface area (Å²) in [6.07, 6.45) is 2.07. The molecule has 0 atom stereocenters. The largest absolute Gasteiger partial charge is 0.355 e. The Bertz CT molecular complexity index is 311. The molecule has 0 heterocycles. The van der Waals surface area contributed by atoms with Gasteiger partial charge in [0.2, 0.25) is 0 Å². The first kappa shape index (κ1) is 11.6. The average molecular weight is 221 g/mol. The van der Waals surface area contributed by atoms with E-state index in [1.807, 2.05) is 0 Å². The molecule has 0 unspecified atom stereocenters. The topological polar surface area (TPSA) is 30.5 Å². The third-order valence-corrected chi connectivity index (χ3v) is 3.15. The minimum atomic E-state index is -0.149. The minimum absolute atomic E-state index is 0.149. The molecule has 0 fully saturated rings. The zero-order valence-corrected chi connectivity index (χ0v) is 9.90. The molecule has 1 aromatic carbocycles. The average Bonchev–Trinajstić information content (AvgIpc) is 2.73. The number of ether oxygens (including phenoxy) is 2. The Balaban J connectivity index is 1.83. The molecule has 88 valence electrons. The Morgan fingerprint density at radius 2 is 1.75 bits per heavy atom. The first-order chi connectivity index (χ1) is 7.83. The SMILES string of the molecule is COC(CNC1Cc2ccccc2C1)OC. The summed E-state index contributed by atoms with van der Waals surface area (Å²) in [6, 6.07) is 9.15. The molecule has 0 saturated heterocycles. The van der Waals surface area contributed by atoms with Crippen LogP contribution in [0, 0.1) is 0 Å². The molecular weight excluding hydrogens is 202 g/mol. The summed E-state index contributed by atoms with van der Waals surface area (Å²) < 4.78 is 10.3. The summed E-state index contributed by atoms with van der Waals surface area (Å²) in [7, 11) is 3.33. The summed E-state index contributed by atoms with van der Waals surface area (Å²) >= 11 is 0. The lowest BCUT2D eigenvalue weighted by atomic mass is 10.1. The van der Waals surface area contributed by atoms with Gasteiger partial charge in [-0.05, 0) is 24.0 Å². The zero-order chi connectivity index (χ0) is 11.4. The highest BCUT2D eigenvalue weighted by Crippen LogP contribution is 2.21. The molecular formula is C13H19NO2. The van der Waals surface area contributed by atoms with Crippen molar-refractivity contribution in [3.63, 3.8) is 0 Å². The van der Waals surface area contributed by atoms with Gasteiger partial charge in [0.15, 0.2) is 6.29 Å². The number of rotatable bonds is 5. The smallest absolute Gasteiger partial charge is 0.169 e. The Hall–Kier alpha value is -0.900. The number of hydrogen-bond donors (Lipinski definition) is 1. The van der Waals surface area contributed by atoms with Gasteiger partial charge in [0, 0.05) is 26.8 Å². The number of fused-ring (bicyclic) bond motifs is 1. The highest BCUT2D eigenvalue weighted by Gasteiger charge is 2.21. The second-order valence-corrected chi connectivity index (χ2v) is 4.18. The van der Waals surface area contributed by atoms with E-state index in [1.165, 1.54) is 11.1 Å². The predicted molar refractivity (Wildman–Crippen MR) is 63.4 cm³/mol. The monoisotopic (exact) mass is 221 g/mol. The van der Waals surface area contributed by atoms with Crippen molar-refractivity contribution in [1.29, 1.82) is 0 Å². The van der Waals surface area contributed by atoms with Crippen LogP contribution in [-0.4, -0.2) is 33.1 Å². The molecule has 0 amide bonds. The summed E-state index contributed by atoms with van der Waals surface area (Å²) in [6.45, 7) is 0.742. The number of nitrogens with one attached hydrogen (secondary N) is 1. The van der Waals surface area contributed by atoms with E-state index in [0.717, 1.165) is 19.4 Å². The highest BCUT2D eigenvalue weighted by molar-refractivity contribution is 5.33. The fourth-order valence-corrected chi connectivity index (χ4v) is 2.23. The molecule has 0 aromatic heterocycles. The first-order valence-corrected chi connectivity index (χ1v) is 5.69. The van der Waals surface area contributed by atoms with Crippen molar-refractivity contribution in [3.05, 3.63) is 35.4 Å². The van der Waals surface area contributed by atoms with E-state index in [9.17, 15) is 0 Å². The van der Waals surface area contributed by atoms with Crippen molar-refractivity contribution < 1.29 is 9.47 Å². The number of methoxy groups -OCH3 is 2. The molecule has 1 aliphatic rings. The normalized spacial score (nSPS) is 15.7. The van der Waals surface area contributed by atoms with Gasteiger partial charge in [0.1, 0.15) is 0 Å². The van der Waals surface area contributed by atoms with E-state index in [0.29, 0.717) is 6.04 Å². The molecule has 1 aliphatic carbocycles. The summed E-state index contributed by atoms with van der Waals surface area (Å²) in [4.78, 5) is 0. The number of hydrogen-bond acceptors (Lipinski definition) is 3. The first-order valence-electron chi connectivity index (χ1n) is 5.69. The molecule has 0 saturated carbocycles. The standard InChI is InChI=1S/C13H19NO2/c1-15-13(16-2)9-14-12-7-10-5-3-4-6-11(10)8-12/h3-6,12-14H,7-9H2,1-2H3. The van der Waals surface area contributed by atoms with Crippen molar-refractivity contribution in [2.24, 2.45) is 0 Å². The Morgan fingerprint density at radius 1 is 1.19 bits per heavy atom. The Kier molecular flexibility index (Phi) is 3.93. The fraction of sp³-hybridized carbons (Fsp3) is 0.538. The van der Waals surface area contributed by atoms with Gasteiger partial charge in [-0.25, -0.2) is 0 Å². The van der Waals surface area contributed by atoms with Gasteiger partial charge >= 0.3 is 0 Å². The number of benzene rings is 1. The van der Waals surface area contributed by atoms with Crippen LogP contribution in [-0.2, 0) is 22.3 Å². The van der Waals surface area contributed by atoms with Crippen molar-refractivity contribution in [1.82, 2.24) is 5.32 Å². The molecule has 0 aliphatic heterocycles. The molecule has 1 aromatic rings. The molecule has 0 spiro atoms. The van der Waals surface area contributed by atoms with Crippen LogP contribution in [0.15, 0.2) is 24.3 Å². The van der Waals surface area contributed by atoms with Crippen LogP contribution in [0.4, 0.5) is 0 Å². The van der Waals surface area contributed by atoms with E-state index >= 15 is 0 Å². The fourth-order valence-electron chi connectivity index (χ4n) is 2.23. The van der Waals surface area contributed by atoms with Gasteiger partial charge in [0.25, 0.3) is 0 Å². The third kappa shape index (κ3) is 2.61. The van der Waals surface area contributed by atoms with Gasteiger partial charge in [-0.15, -0.1) is 0 Å².